The summed E-state index contributed by atoms with van der Waals surface area (Å²) in [5.74, 6) is -2.39. The van der Waals surface area contributed by atoms with Crippen molar-refractivity contribution in [2.45, 2.75) is 92.3 Å². The van der Waals surface area contributed by atoms with E-state index in [-0.39, 0.29) is 48.4 Å². The maximum absolute atomic E-state index is 14.5. The minimum Gasteiger partial charge on any atom is -0.472 e. The molecule has 8 atom stereocenters. The summed E-state index contributed by atoms with van der Waals surface area (Å²) in [6, 6.07) is 1.84. The number of fused-ring (bicyclic) bond motifs is 5. The lowest BCUT2D eigenvalue weighted by atomic mass is 9.40. The summed E-state index contributed by atoms with van der Waals surface area (Å²) in [5, 5.41) is 0. The summed E-state index contributed by atoms with van der Waals surface area (Å²) in [7, 11) is 1.36. The summed E-state index contributed by atoms with van der Waals surface area (Å²) < 4.78 is 22.6. The van der Waals surface area contributed by atoms with E-state index in [0.29, 0.717) is 12.8 Å². The largest absolute Gasteiger partial charge is 0.472 e. The van der Waals surface area contributed by atoms with Crippen molar-refractivity contribution in [3.63, 3.8) is 0 Å². The van der Waals surface area contributed by atoms with Crippen LogP contribution in [0.15, 0.2) is 34.2 Å². The molecule has 5 rings (SSSR count). The molecule has 1 saturated heterocycles. The van der Waals surface area contributed by atoms with Gasteiger partial charge in [-0.15, -0.1) is 0 Å². The standard InChI is InChI=1S/C32H42O8/c1-8-17(2)29(36)40-28-20-13-19-21(32(6,26(20)35)23(30(28,3)4)15-24(33)37-7)9-11-31(5)22(19)14-25(34)39-27(31)18-10-12-38-16-18/h10,12,16-17,20-21,23,27-28H,8-9,11,13-15H2,1-7H3/t17-,20+,21+,23-,27-,28+,31-,32-/m1/s1. The van der Waals surface area contributed by atoms with Gasteiger partial charge < -0.3 is 18.6 Å². The van der Waals surface area contributed by atoms with Crippen molar-refractivity contribution in [1.82, 2.24) is 0 Å². The molecule has 2 heterocycles. The number of Topliss-reactive ketones (excluding diaryl/α,β-unsaturated/α-hetero) is 1. The van der Waals surface area contributed by atoms with E-state index in [1.165, 1.54) is 7.11 Å². The Kier molecular flexibility index (Phi) is 7.07. The van der Waals surface area contributed by atoms with Crippen LogP contribution in [0.1, 0.15) is 91.7 Å². The zero-order valence-corrected chi connectivity index (χ0v) is 24.7. The molecule has 1 aliphatic heterocycles. The highest BCUT2D eigenvalue weighted by atomic mass is 16.6. The number of esters is 3. The molecule has 0 amide bonds. The number of methoxy groups -OCH3 is 1. The topological polar surface area (TPSA) is 109 Å². The van der Waals surface area contributed by atoms with E-state index in [1.807, 2.05) is 40.7 Å². The van der Waals surface area contributed by atoms with Crippen molar-refractivity contribution < 1.29 is 37.8 Å². The highest BCUT2D eigenvalue weighted by Crippen LogP contribution is 2.68. The predicted molar refractivity (Wildman–Crippen MR) is 144 cm³/mol. The molecule has 0 unspecified atom stereocenters. The molecule has 8 heteroatoms. The van der Waals surface area contributed by atoms with Crippen LogP contribution in [0.4, 0.5) is 0 Å². The molecule has 40 heavy (non-hydrogen) atoms. The first-order valence-electron chi connectivity index (χ1n) is 14.6. The van der Waals surface area contributed by atoms with E-state index in [2.05, 4.69) is 6.92 Å². The molecule has 3 aliphatic carbocycles. The minimum absolute atomic E-state index is 0.0467. The first-order valence-corrected chi connectivity index (χ1v) is 14.6. The van der Waals surface area contributed by atoms with Gasteiger partial charge in [0.1, 0.15) is 18.0 Å². The van der Waals surface area contributed by atoms with E-state index in [4.69, 9.17) is 18.6 Å². The van der Waals surface area contributed by atoms with Gasteiger partial charge in [0.15, 0.2) is 0 Å². The Morgan fingerprint density at radius 1 is 1.18 bits per heavy atom. The number of carbonyl (C=O) groups excluding carboxylic acids is 4. The van der Waals surface area contributed by atoms with Crippen molar-refractivity contribution in [2.24, 2.45) is 39.9 Å². The van der Waals surface area contributed by atoms with E-state index >= 15 is 0 Å². The molecule has 1 aromatic heterocycles. The Morgan fingerprint density at radius 2 is 1.90 bits per heavy atom. The van der Waals surface area contributed by atoms with Gasteiger partial charge in [0.25, 0.3) is 0 Å². The maximum Gasteiger partial charge on any atom is 0.310 e. The number of rotatable bonds is 6. The zero-order valence-electron chi connectivity index (χ0n) is 24.7. The maximum atomic E-state index is 14.5. The fourth-order valence-electron chi connectivity index (χ4n) is 8.60. The molecule has 0 radical (unpaired) electrons. The van der Waals surface area contributed by atoms with Gasteiger partial charge in [-0.2, -0.15) is 0 Å². The van der Waals surface area contributed by atoms with Crippen LogP contribution in [0, 0.1) is 39.9 Å². The minimum atomic E-state index is -0.879. The molecule has 0 spiro atoms. The number of hydrogen-bond donors (Lipinski definition) is 0. The fourth-order valence-corrected chi connectivity index (χ4v) is 8.60. The van der Waals surface area contributed by atoms with Crippen LogP contribution >= 0.6 is 0 Å². The van der Waals surface area contributed by atoms with Crippen molar-refractivity contribution in [3.05, 3.63) is 35.3 Å². The Morgan fingerprint density at radius 3 is 2.52 bits per heavy atom. The van der Waals surface area contributed by atoms with Crippen molar-refractivity contribution in [1.29, 1.82) is 0 Å². The quantitative estimate of drug-likeness (QED) is 0.248. The second kappa shape index (κ2) is 9.88. The average molecular weight is 555 g/mol. The molecule has 0 N–H and O–H groups in total. The number of ether oxygens (including phenoxy) is 3. The number of allylic oxidation sites excluding steroid dienone is 1. The number of cyclic esters (lactones) is 1. The van der Waals surface area contributed by atoms with Crippen LogP contribution in [-0.4, -0.2) is 36.9 Å². The van der Waals surface area contributed by atoms with Crippen LogP contribution in [0.5, 0.6) is 0 Å². The van der Waals surface area contributed by atoms with Gasteiger partial charge in [-0.1, -0.05) is 47.1 Å². The molecule has 0 aromatic carbocycles. The molecule has 8 nitrogen and oxygen atoms in total. The molecule has 2 saturated carbocycles. The van der Waals surface area contributed by atoms with Gasteiger partial charge in [0.2, 0.25) is 0 Å². The van der Waals surface area contributed by atoms with Crippen molar-refractivity contribution >= 4 is 23.7 Å². The van der Waals surface area contributed by atoms with Crippen LogP contribution in [0.25, 0.3) is 0 Å². The number of furan rings is 1. The summed E-state index contributed by atoms with van der Waals surface area (Å²) in [4.78, 5) is 53.4. The third kappa shape index (κ3) is 4.07. The monoisotopic (exact) mass is 554 g/mol. The van der Waals surface area contributed by atoms with Gasteiger partial charge in [0, 0.05) is 28.2 Å². The number of carbonyl (C=O) groups is 4. The van der Waals surface area contributed by atoms with Crippen LogP contribution in [-0.2, 0) is 33.4 Å². The van der Waals surface area contributed by atoms with E-state index in [1.54, 1.807) is 12.5 Å². The summed E-state index contributed by atoms with van der Waals surface area (Å²) in [6.07, 6.45) is 4.74. The SMILES string of the molecule is CC[C@@H](C)C(=O)O[C@H]1[C@H]2CC3=C4CC(=O)O[C@H](c5ccoc5)[C@]4(C)CC[C@@H]3[C@@](C)(C2=O)[C@H](CC(=O)OC)C1(C)C. The van der Waals surface area contributed by atoms with Gasteiger partial charge in [0.05, 0.1) is 37.9 Å². The lowest BCUT2D eigenvalue weighted by Crippen LogP contribution is -2.66. The lowest BCUT2D eigenvalue weighted by Gasteiger charge is -2.63. The van der Waals surface area contributed by atoms with Crippen molar-refractivity contribution in [2.75, 3.05) is 7.11 Å². The van der Waals surface area contributed by atoms with Gasteiger partial charge in [-0.3, -0.25) is 19.2 Å². The van der Waals surface area contributed by atoms with Crippen LogP contribution < -0.4 is 0 Å². The van der Waals surface area contributed by atoms with Crippen LogP contribution in [0.3, 0.4) is 0 Å². The third-order valence-electron chi connectivity index (χ3n) is 11.1. The number of hydrogen-bond acceptors (Lipinski definition) is 8. The lowest BCUT2D eigenvalue weighted by molar-refractivity contribution is -0.200. The van der Waals surface area contributed by atoms with Gasteiger partial charge in [-0.25, -0.2) is 0 Å². The van der Waals surface area contributed by atoms with Crippen molar-refractivity contribution in [3.8, 4) is 0 Å². The molecular weight excluding hydrogens is 512 g/mol. The summed E-state index contributed by atoms with van der Waals surface area (Å²) in [5.41, 5.74) is 0.947. The van der Waals surface area contributed by atoms with Crippen LogP contribution in [0.2, 0.25) is 0 Å². The van der Waals surface area contributed by atoms with Gasteiger partial charge >= 0.3 is 17.9 Å². The molecule has 2 bridgehead atoms. The van der Waals surface area contributed by atoms with E-state index in [0.717, 1.165) is 29.6 Å². The molecule has 1 aromatic rings. The second-order valence-electron chi connectivity index (χ2n) is 13.4. The highest BCUT2D eigenvalue weighted by molar-refractivity contribution is 5.92. The first kappa shape index (κ1) is 28.6. The Bertz CT molecular complexity index is 1240. The summed E-state index contributed by atoms with van der Waals surface area (Å²) in [6.45, 7) is 11.9. The van der Waals surface area contributed by atoms with Gasteiger partial charge in [-0.05, 0) is 49.2 Å². The molecule has 218 valence electrons. The Balaban J connectivity index is 1.67. The predicted octanol–water partition coefficient (Wildman–Crippen LogP) is 5.75. The zero-order chi connectivity index (χ0) is 29.2. The fraction of sp³-hybridized carbons (Fsp3) is 0.688. The average Bonchev–Trinajstić information content (AvgIpc) is 3.45. The Labute approximate surface area is 236 Å². The third-order valence-corrected chi connectivity index (χ3v) is 11.1. The molecule has 3 fully saturated rings. The first-order chi connectivity index (χ1) is 18.8. The van der Waals surface area contributed by atoms with E-state index < -0.39 is 40.3 Å². The molecular formula is C32H42O8. The smallest absolute Gasteiger partial charge is 0.310 e. The number of ketones is 1. The normalized spacial score (nSPS) is 37.1. The highest BCUT2D eigenvalue weighted by Gasteiger charge is 2.68. The van der Waals surface area contributed by atoms with E-state index in [9.17, 15) is 19.2 Å². The second-order valence-corrected chi connectivity index (χ2v) is 13.4. The molecule has 4 aliphatic rings. The Hall–Kier alpha value is -2.90. The summed E-state index contributed by atoms with van der Waals surface area (Å²) >= 11 is 0.